The zero-order valence-electron chi connectivity index (χ0n) is 10.9. The van der Waals surface area contributed by atoms with Crippen molar-refractivity contribution in [3.05, 3.63) is 47.2 Å². The first-order valence-electron chi connectivity index (χ1n) is 5.99. The number of hydrogen-bond acceptors (Lipinski definition) is 5. The molecule has 0 aliphatic rings. The van der Waals surface area contributed by atoms with Crippen molar-refractivity contribution in [2.45, 2.75) is 19.0 Å². The van der Waals surface area contributed by atoms with E-state index in [1.54, 1.807) is 6.07 Å². The van der Waals surface area contributed by atoms with Gasteiger partial charge in [-0.15, -0.1) is 0 Å². The standard InChI is InChI=1S/C14H15N3OS/c1-3-19-14-16-8-11(13(15)17-14)12(18)10-7-5-4-6-9(10)2/h4-8H,3H2,1-2H3,(H2,15,16,17). The highest BCUT2D eigenvalue weighted by Gasteiger charge is 2.16. The quantitative estimate of drug-likeness (QED) is 0.527. The second kappa shape index (κ2) is 5.84. The van der Waals surface area contributed by atoms with Crippen molar-refractivity contribution in [1.82, 2.24) is 9.97 Å². The van der Waals surface area contributed by atoms with Crippen LogP contribution in [0, 0.1) is 6.92 Å². The molecule has 0 aliphatic carbocycles. The summed E-state index contributed by atoms with van der Waals surface area (Å²) in [5, 5.41) is 0.598. The Morgan fingerprint density at radius 3 is 2.68 bits per heavy atom. The molecular weight excluding hydrogens is 258 g/mol. The molecule has 1 aromatic heterocycles. The summed E-state index contributed by atoms with van der Waals surface area (Å²) in [5.41, 5.74) is 7.76. The second-order valence-electron chi connectivity index (χ2n) is 4.03. The molecule has 0 amide bonds. The first-order valence-corrected chi connectivity index (χ1v) is 6.97. The molecule has 0 bridgehead atoms. The van der Waals surface area contributed by atoms with Gasteiger partial charge in [-0.1, -0.05) is 43.0 Å². The Morgan fingerprint density at radius 2 is 2.05 bits per heavy atom. The molecule has 0 aliphatic heterocycles. The van der Waals surface area contributed by atoms with Gasteiger partial charge in [0.05, 0.1) is 5.56 Å². The molecule has 0 atom stereocenters. The lowest BCUT2D eigenvalue weighted by Gasteiger charge is -2.07. The predicted octanol–water partition coefficient (Wildman–Crippen LogP) is 2.71. The van der Waals surface area contributed by atoms with E-state index < -0.39 is 0 Å². The van der Waals surface area contributed by atoms with Crippen LogP contribution in [0.4, 0.5) is 5.82 Å². The maximum Gasteiger partial charge on any atom is 0.198 e. The van der Waals surface area contributed by atoms with Gasteiger partial charge in [-0.25, -0.2) is 9.97 Å². The topological polar surface area (TPSA) is 68.9 Å². The third kappa shape index (κ3) is 2.93. The van der Waals surface area contributed by atoms with Gasteiger partial charge in [0.2, 0.25) is 0 Å². The number of aryl methyl sites for hydroxylation is 1. The molecule has 0 radical (unpaired) electrons. The largest absolute Gasteiger partial charge is 0.383 e. The zero-order chi connectivity index (χ0) is 13.8. The zero-order valence-corrected chi connectivity index (χ0v) is 11.7. The number of nitrogen functional groups attached to an aromatic ring is 1. The number of carbonyl (C=O) groups excluding carboxylic acids is 1. The van der Waals surface area contributed by atoms with E-state index in [1.165, 1.54) is 18.0 Å². The third-order valence-corrected chi connectivity index (χ3v) is 3.45. The summed E-state index contributed by atoms with van der Waals surface area (Å²) < 4.78 is 0. The Balaban J connectivity index is 2.37. The minimum absolute atomic E-state index is 0.136. The van der Waals surface area contributed by atoms with Crippen LogP contribution in [-0.2, 0) is 0 Å². The fourth-order valence-corrected chi connectivity index (χ4v) is 2.27. The van der Waals surface area contributed by atoms with Crippen LogP contribution in [0.2, 0.25) is 0 Å². The van der Waals surface area contributed by atoms with E-state index in [9.17, 15) is 4.79 Å². The summed E-state index contributed by atoms with van der Waals surface area (Å²) in [6, 6.07) is 7.41. The van der Waals surface area contributed by atoms with Crippen molar-refractivity contribution in [2.75, 3.05) is 11.5 Å². The van der Waals surface area contributed by atoms with Crippen LogP contribution in [0.15, 0.2) is 35.6 Å². The Hall–Kier alpha value is -1.88. The van der Waals surface area contributed by atoms with Crippen LogP contribution >= 0.6 is 11.8 Å². The van der Waals surface area contributed by atoms with Crippen LogP contribution in [0.3, 0.4) is 0 Å². The average molecular weight is 273 g/mol. The second-order valence-corrected chi connectivity index (χ2v) is 5.26. The van der Waals surface area contributed by atoms with Crippen LogP contribution in [0.5, 0.6) is 0 Å². The van der Waals surface area contributed by atoms with Gasteiger partial charge in [0.25, 0.3) is 0 Å². The number of hydrogen-bond donors (Lipinski definition) is 1. The van der Waals surface area contributed by atoms with Gasteiger partial charge in [0, 0.05) is 11.8 Å². The highest BCUT2D eigenvalue weighted by molar-refractivity contribution is 7.99. The minimum atomic E-state index is -0.136. The van der Waals surface area contributed by atoms with E-state index in [1.807, 2.05) is 32.0 Å². The van der Waals surface area contributed by atoms with Crippen molar-refractivity contribution in [2.24, 2.45) is 0 Å². The van der Waals surface area contributed by atoms with Crippen molar-refractivity contribution in [3.63, 3.8) is 0 Å². The van der Waals surface area contributed by atoms with Gasteiger partial charge >= 0.3 is 0 Å². The number of benzene rings is 1. The number of rotatable bonds is 4. The molecule has 19 heavy (non-hydrogen) atoms. The van der Waals surface area contributed by atoms with Crippen molar-refractivity contribution in [3.8, 4) is 0 Å². The fourth-order valence-electron chi connectivity index (χ4n) is 1.72. The lowest BCUT2D eigenvalue weighted by Crippen LogP contribution is -2.10. The molecule has 1 aromatic carbocycles. The molecule has 4 nitrogen and oxygen atoms in total. The van der Waals surface area contributed by atoms with E-state index in [4.69, 9.17) is 5.73 Å². The molecule has 0 spiro atoms. The predicted molar refractivity (Wildman–Crippen MR) is 77.5 cm³/mol. The summed E-state index contributed by atoms with van der Waals surface area (Å²) in [7, 11) is 0. The number of aromatic nitrogens is 2. The summed E-state index contributed by atoms with van der Waals surface area (Å²) in [5.74, 6) is 0.965. The number of nitrogens with two attached hydrogens (primary N) is 1. The molecule has 0 saturated heterocycles. The van der Waals surface area contributed by atoms with Crippen molar-refractivity contribution in [1.29, 1.82) is 0 Å². The van der Waals surface area contributed by atoms with E-state index in [0.717, 1.165) is 11.3 Å². The molecule has 5 heteroatoms. The van der Waals surface area contributed by atoms with Gasteiger partial charge in [0.1, 0.15) is 5.82 Å². The lowest BCUT2D eigenvalue weighted by atomic mass is 10.0. The number of thioether (sulfide) groups is 1. The smallest absolute Gasteiger partial charge is 0.198 e. The highest BCUT2D eigenvalue weighted by Crippen LogP contribution is 2.20. The Labute approximate surface area is 116 Å². The SMILES string of the molecule is CCSc1ncc(C(=O)c2ccccc2C)c(N)n1. The van der Waals surface area contributed by atoms with Gasteiger partial charge < -0.3 is 5.73 Å². The maximum absolute atomic E-state index is 12.4. The Bertz CT molecular complexity index is 613. The summed E-state index contributed by atoms with van der Waals surface area (Å²) >= 11 is 1.50. The molecular formula is C14H15N3OS. The molecule has 2 rings (SSSR count). The minimum Gasteiger partial charge on any atom is -0.383 e. The van der Waals surface area contributed by atoms with Crippen LogP contribution in [0.1, 0.15) is 28.4 Å². The van der Waals surface area contributed by atoms with Crippen molar-refractivity contribution < 1.29 is 4.79 Å². The fraction of sp³-hybridized carbons (Fsp3) is 0.214. The van der Waals surface area contributed by atoms with E-state index in [0.29, 0.717) is 16.3 Å². The molecule has 2 N–H and O–H groups in total. The molecule has 0 unspecified atom stereocenters. The normalized spacial score (nSPS) is 10.4. The van der Waals surface area contributed by atoms with Crippen LogP contribution in [0.25, 0.3) is 0 Å². The first kappa shape index (κ1) is 13.5. The number of anilines is 1. The number of carbonyl (C=O) groups is 1. The van der Waals surface area contributed by atoms with Crippen LogP contribution < -0.4 is 5.73 Å². The third-order valence-electron chi connectivity index (χ3n) is 2.70. The van der Waals surface area contributed by atoms with E-state index in [2.05, 4.69) is 9.97 Å². The molecule has 0 fully saturated rings. The number of nitrogens with zero attached hydrogens (tertiary/aromatic N) is 2. The maximum atomic E-state index is 12.4. The Morgan fingerprint density at radius 1 is 1.32 bits per heavy atom. The van der Waals surface area contributed by atoms with E-state index >= 15 is 0 Å². The molecule has 0 saturated carbocycles. The summed E-state index contributed by atoms with van der Waals surface area (Å²) in [6.07, 6.45) is 1.51. The van der Waals surface area contributed by atoms with Crippen LogP contribution in [-0.4, -0.2) is 21.5 Å². The lowest BCUT2D eigenvalue weighted by molar-refractivity contribution is 0.103. The molecule has 98 valence electrons. The average Bonchev–Trinajstić information content (AvgIpc) is 2.39. The van der Waals surface area contributed by atoms with E-state index in [-0.39, 0.29) is 11.6 Å². The summed E-state index contributed by atoms with van der Waals surface area (Å²) in [4.78, 5) is 20.7. The van der Waals surface area contributed by atoms with Gasteiger partial charge in [-0.05, 0) is 18.2 Å². The van der Waals surface area contributed by atoms with Gasteiger partial charge in [-0.2, -0.15) is 0 Å². The molecule has 1 heterocycles. The Kier molecular flexibility index (Phi) is 4.16. The van der Waals surface area contributed by atoms with Crippen molar-refractivity contribution >= 4 is 23.4 Å². The monoisotopic (exact) mass is 273 g/mol. The first-order chi connectivity index (χ1) is 9.13. The van der Waals surface area contributed by atoms with Gasteiger partial charge in [0.15, 0.2) is 10.9 Å². The summed E-state index contributed by atoms with van der Waals surface area (Å²) in [6.45, 7) is 3.90. The van der Waals surface area contributed by atoms with Gasteiger partial charge in [-0.3, -0.25) is 4.79 Å². The highest BCUT2D eigenvalue weighted by atomic mass is 32.2. The molecule has 2 aromatic rings. The number of ketones is 1.